The van der Waals surface area contributed by atoms with Crippen LogP contribution in [0.25, 0.3) is 11.3 Å². The quantitative estimate of drug-likeness (QED) is 0.712. The van der Waals surface area contributed by atoms with E-state index in [0.717, 1.165) is 61.3 Å². The molecular weight excluding hydrogens is 338 g/mol. The molecule has 1 aromatic carbocycles. The number of likely N-dealkylation sites (tertiary alicyclic amines) is 1. The highest BCUT2D eigenvalue weighted by atomic mass is 16.5. The minimum Gasteiger partial charge on any atom is -0.360 e. The lowest BCUT2D eigenvalue weighted by Crippen LogP contribution is -2.29. The molecule has 4 heterocycles. The highest BCUT2D eigenvalue weighted by molar-refractivity contribution is 5.58. The molecule has 6 nitrogen and oxygen atoms in total. The number of aryl methyl sites for hydroxylation is 1. The van der Waals surface area contributed by atoms with Crippen molar-refractivity contribution in [1.82, 2.24) is 20.0 Å². The van der Waals surface area contributed by atoms with Crippen LogP contribution in [0, 0.1) is 18.8 Å². The fourth-order valence-electron chi connectivity index (χ4n) is 4.36. The lowest BCUT2D eigenvalue weighted by atomic mass is 10.0. The van der Waals surface area contributed by atoms with Gasteiger partial charge < -0.3 is 9.42 Å². The van der Waals surface area contributed by atoms with Gasteiger partial charge in [0.25, 0.3) is 0 Å². The zero-order chi connectivity index (χ0) is 18.2. The molecule has 0 bridgehead atoms. The van der Waals surface area contributed by atoms with Gasteiger partial charge in [0.05, 0.1) is 30.3 Å². The SMILES string of the molecule is Cc1cc(CN2CC3CN(c4cnc(-c5ccccc5)cn4)CC3C2)on1. The van der Waals surface area contributed by atoms with Gasteiger partial charge in [0.1, 0.15) is 5.82 Å². The Morgan fingerprint density at radius 2 is 1.78 bits per heavy atom. The molecule has 6 heteroatoms. The van der Waals surface area contributed by atoms with E-state index >= 15 is 0 Å². The van der Waals surface area contributed by atoms with E-state index in [9.17, 15) is 0 Å². The number of hydrogen-bond acceptors (Lipinski definition) is 6. The maximum absolute atomic E-state index is 5.37. The molecule has 2 unspecified atom stereocenters. The van der Waals surface area contributed by atoms with E-state index < -0.39 is 0 Å². The van der Waals surface area contributed by atoms with Gasteiger partial charge >= 0.3 is 0 Å². The Morgan fingerprint density at radius 3 is 2.41 bits per heavy atom. The number of hydrogen-bond donors (Lipinski definition) is 0. The summed E-state index contributed by atoms with van der Waals surface area (Å²) in [6, 6.07) is 12.2. The number of rotatable bonds is 4. The van der Waals surface area contributed by atoms with Crippen molar-refractivity contribution in [2.24, 2.45) is 11.8 Å². The van der Waals surface area contributed by atoms with Crippen LogP contribution >= 0.6 is 0 Å². The van der Waals surface area contributed by atoms with E-state index in [1.54, 1.807) is 0 Å². The molecule has 2 aromatic heterocycles. The molecule has 2 aliphatic rings. The molecule has 0 spiro atoms. The summed E-state index contributed by atoms with van der Waals surface area (Å²) >= 11 is 0. The van der Waals surface area contributed by atoms with Crippen LogP contribution in [-0.2, 0) is 6.54 Å². The topological polar surface area (TPSA) is 58.3 Å². The van der Waals surface area contributed by atoms with E-state index in [2.05, 4.69) is 37.1 Å². The zero-order valence-electron chi connectivity index (χ0n) is 15.5. The van der Waals surface area contributed by atoms with Gasteiger partial charge in [-0.25, -0.2) is 4.98 Å². The molecular formula is C21H23N5O. The summed E-state index contributed by atoms with van der Waals surface area (Å²) in [5.41, 5.74) is 2.98. The van der Waals surface area contributed by atoms with E-state index in [0.29, 0.717) is 11.8 Å². The van der Waals surface area contributed by atoms with Crippen LogP contribution in [-0.4, -0.2) is 46.2 Å². The summed E-state index contributed by atoms with van der Waals surface area (Å²) in [6.07, 6.45) is 3.80. The lowest BCUT2D eigenvalue weighted by Gasteiger charge is -2.21. The minimum atomic E-state index is 0.685. The molecule has 3 aromatic rings. The summed E-state index contributed by atoms with van der Waals surface area (Å²) in [6.45, 7) is 7.14. The lowest BCUT2D eigenvalue weighted by molar-refractivity contribution is 0.260. The third kappa shape index (κ3) is 3.32. The fraction of sp³-hybridized carbons (Fsp3) is 0.381. The monoisotopic (exact) mass is 361 g/mol. The van der Waals surface area contributed by atoms with Crippen LogP contribution in [0.4, 0.5) is 5.82 Å². The summed E-state index contributed by atoms with van der Waals surface area (Å²) in [4.78, 5) is 14.2. The van der Waals surface area contributed by atoms with Crippen LogP contribution in [0.15, 0.2) is 53.3 Å². The van der Waals surface area contributed by atoms with E-state index in [1.165, 1.54) is 0 Å². The smallest absolute Gasteiger partial charge is 0.150 e. The summed E-state index contributed by atoms with van der Waals surface area (Å²) in [5.74, 6) is 3.32. The third-order valence-corrected chi connectivity index (χ3v) is 5.65. The third-order valence-electron chi connectivity index (χ3n) is 5.65. The van der Waals surface area contributed by atoms with Gasteiger partial charge in [-0.05, 0) is 18.8 Å². The number of fused-ring (bicyclic) bond motifs is 1. The minimum absolute atomic E-state index is 0.685. The second-order valence-corrected chi connectivity index (χ2v) is 7.68. The van der Waals surface area contributed by atoms with Crippen molar-refractivity contribution in [3.05, 3.63) is 60.2 Å². The van der Waals surface area contributed by atoms with Crippen molar-refractivity contribution in [2.45, 2.75) is 13.5 Å². The maximum atomic E-state index is 5.37. The number of anilines is 1. The van der Waals surface area contributed by atoms with Gasteiger partial charge in [0.2, 0.25) is 0 Å². The van der Waals surface area contributed by atoms with Gasteiger partial charge in [0.15, 0.2) is 5.76 Å². The number of aromatic nitrogens is 3. The maximum Gasteiger partial charge on any atom is 0.150 e. The molecule has 5 rings (SSSR count). The average Bonchev–Trinajstić information content (AvgIpc) is 3.38. The van der Waals surface area contributed by atoms with Gasteiger partial charge in [-0.1, -0.05) is 35.5 Å². The average molecular weight is 361 g/mol. The van der Waals surface area contributed by atoms with Crippen molar-refractivity contribution < 1.29 is 4.52 Å². The first-order chi connectivity index (χ1) is 13.2. The normalized spacial score (nSPS) is 22.3. The largest absolute Gasteiger partial charge is 0.360 e. The molecule has 0 N–H and O–H groups in total. The van der Waals surface area contributed by atoms with Crippen molar-refractivity contribution in [2.75, 3.05) is 31.1 Å². The van der Waals surface area contributed by atoms with Gasteiger partial charge in [-0.15, -0.1) is 0 Å². The Bertz CT molecular complexity index is 894. The van der Waals surface area contributed by atoms with Crippen LogP contribution in [0.3, 0.4) is 0 Å². The van der Waals surface area contributed by atoms with Crippen LogP contribution in [0.5, 0.6) is 0 Å². The number of benzene rings is 1. The second kappa shape index (κ2) is 6.78. The summed E-state index contributed by atoms with van der Waals surface area (Å²) < 4.78 is 5.37. The first kappa shape index (κ1) is 16.4. The zero-order valence-corrected chi connectivity index (χ0v) is 15.5. The molecule has 2 aliphatic heterocycles. The van der Waals surface area contributed by atoms with Gasteiger partial charge in [-0.2, -0.15) is 0 Å². The van der Waals surface area contributed by atoms with Crippen molar-refractivity contribution in [3.8, 4) is 11.3 Å². The Labute approximate surface area is 158 Å². The molecule has 0 aliphatic carbocycles. The van der Waals surface area contributed by atoms with E-state index in [-0.39, 0.29) is 0 Å². The van der Waals surface area contributed by atoms with Crippen LogP contribution in [0.1, 0.15) is 11.5 Å². The van der Waals surface area contributed by atoms with Crippen LogP contribution in [0.2, 0.25) is 0 Å². The molecule has 2 fully saturated rings. The molecule has 2 saturated heterocycles. The Balaban J connectivity index is 1.21. The van der Waals surface area contributed by atoms with Gasteiger partial charge in [0, 0.05) is 37.8 Å². The second-order valence-electron chi connectivity index (χ2n) is 7.68. The van der Waals surface area contributed by atoms with Gasteiger partial charge in [-0.3, -0.25) is 9.88 Å². The van der Waals surface area contributed by atoms with E-state index in [1.807, 2.05) is 43.6 Å². The fourth-order valence-corrected chi connectivity index (χ4v) is 4.36. The highest BCUT2D eigenvalue weighted by Gasteiger charge is 2.40. The predicted molar refractivity (Wildman–Crippen MR) is 103 cm³/mol. The van der Waals surface area contributed by atoms with Crippen LogP contribution < -0.4 is 4.90 Å². The first-order valence-electron chi connectivity index (χ1n) is 9.51. The molecule has 2 atom stereocenters. The molecule has 0 radical (unpaired) electrons. The molecule has 0 amide bonds. The van der Waals surface area contributed by atoms with E-state index in [4.69, 9.17) is 4.52 Å². The summed E-state index contributed by atoms with van der Waals surface area (Å²) in [7, 11) is 0. The predicted octanol–water partition coefficient (Wildman–Crippen LogP) is 3.01. The molecule has 27 heavy (non-hydrogen) atoms. The summed E-state index contributed by atoms with van der Waals surface area (Å²) in [5, 5.41) is 3.99. The van der Waals surface area contributed by atoms with Crippen molar-refractivity contribution in [3.63, 3.8) is 0 Å². The standard InChI is InChI=1S/C21H23N5O/c1-15-7-19(27-24-15)14-25-10-17-12-26(13-18(17)11-25)21-9-22-20(8-23-21)16-5-3-2-4-6-16/h2-9,17-18H,10-14H2,1H3. The molecule has 138 valence electrons. The highest BCUT2D eigenvalue weighted by Crippen LogP contribution is 2.34. The Morgan fingerprint density at radius 1 is 1.00 bits per heavy atom. The molecule has 0 saturated carbocycles. The Kier molecular flexibility index (Phi) is 4.13. The van der Waals surface area contributed by atoms with Crippen molar-refractivity contribution in [1.29, 1.82) is 0 Å². The Hall–Kier alpha value is -2.73. The number of nitrogens with zero attached hydrogens (tertiary/aromatic N) is 5. The first-order valence-corrected chi connectivity index (χ1v) is 9.51. The van der Waals surface area contributed by atoms with Crippen molar-refractivity contribution >= 4 is 5.82 Å².